The van der Waals surface area contributed by atoms with Crippen LogP contribution in [0.25, 0.3) is 22.6 Å². The highest BCUT2D eigenvalue weighted by atomic mass is 16.1. The number of H-pyrrole nitrogens is 1. The molecule has 0 amide bonds. The Morgan fingerprint density at radius 2 is 2.12 bits per heavy atom. The number of carbonyl (C=O) groups is 1. The zero-order valence-electron chi connectivity index (χ0n) is 8.92. The predicted molar refractivity (Wildman–Crippen MR) is 64.7 cm³/mol. The van der Waals surface area contributed by atoms with E-state index in [0.29, 0.717) is 11.4 Å². The molecule has 0 bridgehead atoms. The van der Waals surface area contributed by atoms with E-state index in [1.165, 1.54) is 0 Å². The lowest BCUT2D eigenvalue weighted by Gasteiger charge is -1.92. The van der Waals surface area contributed by atoms with Crippen LogP contribution in [0.3, 0.4) is 0 Å². The van der Waals surface area contributed by atoms with Gasteiger partial charge in [-0.3, -0.25) is 9.78 Å². The van der Waals surface area contributed by atoms with Crippen LogP contribution in [0.2, 0.25) is 0 Å². The van der Waals surface area contributed by atoms with Crippen LogP contribution in [-0.2, 0) is 0 Å². The molecule has 2 heterocycles. The number of benzene rings is 1. The Labute approximate surface area is 97.3 Å². The van der Waals surface area contributed by atoms with Crippen LogP contribution in [0.1, 0.15) is 10.4 Å². The number of rotatable bonds is 2. The maximum Gasteiger partial charge on any atom is 0.157 e. The standard InChI is InChI=1S/C13H9N3O/c17-8-9-4-5-10-12(7-9)16-13(15-10)11-3-1-2-6-14-11/h1-8H,(H,15,16). The number of carbonyl (C=O) groups excluding carboxylic acids is 1. The summed E-state index contributed by atoms with van der Waals surface area (Å²) in [7, 11) is 0. The molecular formula is C13H9N3O. The van der Waals surface area contributed by atoms with E-state index in [1.54, 1.807) is 18.3 Å². The molecule has 1 N–H and O–H groups in total. The third-order valence-corrected chi connectivity index (χ3v) is 2.55. The van der Waals surface area contributed by atoms with Gasteiger partial charge in [-0.15, -0.1) is 0 Å². The molecule has 0 saturated heterocycles. The van der Waals surface area contributed by atoms with Gasteiger partial charge in [0.05, 0.1) is 11.0 Å². The van der Waals surface area contributed by atoms with Crippen molar-refractivity contribution < 1.29 is 4.79 Å². The molecule has 82 valence electrons. The Morgan fingerprint density at radius 3 is 2.88 bits per heavy atom. The first-order valence-corrected chi connectivity index (χ1v) is 5.23. The number of hydrogen-bond donors (Lipinski definition) is 1. The first kappa shape index (κ1) is 9.72. The lowest BCUT2D eigenvalue weighted by atomic mass is 10.2. The number of nitrogens with zero attached hydrogens (tertiary/aromatic N) is 2. The fourth-order valence-corrected chi connectivity index (χ4v) is 1.72. The molecule has 3 rings (SSSR count). The van der Waals surface area contributed by atoms with Gasteiger partial charge in [0.2, 0.25) is 0 Å². The van der Waals surface area contributed by atoms with E-state index in [9.17, 15) is 4.79 Å². The maximum absolute atomic E-state index is 10.7. The van der Waals surface area contributed by atoms with Gasteiger partial charge in [0.1, 0.15) is 12.0 Å². The van der Waals surface area contributed by atoms with Crippen molar-refractivity contribution in [1.29, 1.82) is 0 Å². The van der Waals surface area contributed by atoms with Crippen molar-refractivity contribution in [3.63, 3.8) is 0 Å². The van der Waals surface area contributed by atoms with Crippen LogP contribution in [0.5, 0.6) is 0 Å². The fourth-order valence-electron chi connectivity index (χ4n) is 1.72. The minimum absolute atomic E-state index is 0.633. The summed E-state index contributed by atoms with van der Waals surface area (Å²) < 4.78 is 0. The Kier molecular flexibility index (Phi) is 2.19. The number of aldehydes is 1. The van der Waals surface area contributed by atoms with Crippen LogP contribution >= 0.6 is 0 Å². The Balaban J connectivity index is 2.17. The van der Waals surface area contributed by atoms with Gasteiger partial charge < -0.3 is 4.98 Å². The first-order chi connectivity index (χ1) is 8.36. The summed E-state index contributed by atoms with van der Waals surface area (Å²) in [6, 6.07) is 11.0. The third-order valence-electron chi connectivity index (χ3n) is 2.55. The number of fused-ring (bicyclic) bond motifs is 1. The summed E-state index contributed by atoms with van der Waals surface area (Å²) in [4.78, 5) is 22.5. The summed E-state index contributed by atoms with van der Waals surface area (Å²) in [5.41, 5.74) is 3.09. The van der Waals surface area contributed by atoms with E-state index in [0.717, 1.165) is 23.0 Å². The molecule has 3 aromatic rings. The zero-order chi connectivity index (χ0) is 11.7. The molecule has 0 aliphatic carbocycles. The van der Waals surface area contributed by atoms with E-state index >= 15 is 0 Å². The van der Waals surface area contributed by atoms with Crippen LogP contribution in [0.4, 0.5) is 0 Å². The molecule has 1 aromatic carbocycles. The molecule has 0 unspecified atom stereocenters. The summed E-state index contributed by atoms with van der Waals surface area (Å²) in [6.45, 7) is 0. The molecule has 0 spiro atoms. The number of imidazole rings is 1. The van der Waals surface area contributed by atoms with Crippen molar-refractivity contribution in [3.8, 4) is 11.5 Å². The molecule has 0 radical (unpaired) electrons. The molecule has 0 aliphatic rings. The molecule has 4 nitrogen and oxygen atoms in total. The highest BCUT2D eigenvalue weighted by molar-refractivity contribution is 5.86. The molecular weight excluding hydrogens is 214 g/mol. The Hall–Kier alpha value is -2.49. The van der Waals surface area contributed by atoms with Crippen LogP contribution < -0.4 is 0 Å². The second-order valence-electron chi connectivity index (χ2n) is 3.69. The van der Waals surface area contributed by atoms with Crippen molar-refractivity contribution in [2.24, 2.45) is 0 Å². The maximum atomic E-state index is 10.7. The third kappa shape index (κ3) is 1.69. The van der Waals surface area contributed by atoms with Gasteiger partial charge in [-0.2, -0.15) is 0 Å². The number of aromatic amines is 1. The fraction of sp³-hybridized carbons (Fsp3) is 0. The number of pyridine rings is 1. The highest BCUT2D eigenvalue weighted by Gasteiger charge is 2.05. The molecule has 0 aliphatic heterocycles. The quantitative estimate of drug-likeness (QED) is 0.679. The second-order valence-corrected chi connectivity index (χ2v) is 3.69. The van der Waals surface area contributed by atoms with Gasteiger partial charge in [0.15, 0.2) is 5.82 Å². The van der Waals surface area contributed by atoms with E-state index in [4.69, 9.17) is 0 Å². The summed E-state index contributed by atoms with van der Waals surface area (Å²) >= 11 is 0. The van der Waals surface area contributed by atoms with Gasteiger partial charge in [-0.25, -0.2) is 4.98 Å². The number of nitrogens with one attached hydrogen (secondary N) is 1. The highest BCUT2D eigenvalue weighted by Crippen LogP contribution is 2.18. The van der Waals surface area contributed by atoms with Crippen molar-refractivity contribution in [3.05, 3.63) is 48.2 Å². The largest absolute Gasteiger partial charge is 0.337 e. The topological polar surface area (TPSA) is 58.6 Å². The van der Waals surface area contributed by atoms with E-state index in [2.05, 4.69) is 15.0 Å². The minimum atomic E-state index is 0.633. The van der Waals surface area contributed by atoms with Gasteiger partial charge in [0.25, 0.3) is 0 Å². The molecule has 4 heteroatoms. The van der Waals surface area contributed by atoms with E-state index in [1.807, 2.05) is 24.3 Å². The smallest absolute Gasteiger partial charge is 0.157 e. The number of aromatic nitrogens is 3. The monoisotopic (exact) mass is 223 g/mol. The summed E-state index contributed by atoms with van der Waals surface area (Å²) in [5.74, 6) is 0.712. The average Bonchev–Trinajstić information content (AvgIpc) is 2.82. The molecule has 0 atom stereocenters. The van der Waals surface area contributed by atoms with Crippen LogP contribution in [-0.4, -0.2) is 21.2 Å². The predicted octanol–water partition coefficient (Wildman–Crippen LogP) is 2.44. The van der Waals surface area contributed by atoms with Crippen molar-refractivity contribution in [2.75, 3.05) is 0 Å². The Bertz CT molecular complexity index is 673. The SMILES string of the molecule is O=Cc1ccc2nc(-c3ccccn3)[nH]c2c1. The summed E-state index contributed by atoms with van der Waals surface area (Å²) in [5, 5.41) is 0. The molecule has 0 fully saturated rings. The normalized spacial score (nSPS) is 10.6. The molecule has 2 aromatic heterocycles. The van der Waals surface area contributed by atoms with Gasteiger partial charge in [-0.05, 0) is 30.3 Å². The van der Waals surface area contributed by atoms with Crippen molar-refractivity contribution in [1.82, 2.24) is 15.0 Å². The van der Waals surface area contributed by atoms with Crippen LogP contribution in [0, 0.1) is 0 Å². The second kappa shape index (κ2) is 3.83. The number of hydrogen-bond acceptors (Lipinski definition) is 3. The van der Waals surface area contributed by atoms with Crippen LogP contribution in [0.15, 0.2) is 42.6 Å². The Morgan fingerprint density at radius 1 is 1.18 bits per heavy atom. The van der Waals surface area contributed by atoms with E-state index < -0.39 is 0 Å². The van der Waals surface area contributed by atoms with Crippen molar-refractivity contribution >= 4 is 17.3 Å². The lowest BCUT2D eigenvalue weighted by molar-refractivity contribution is 0.112. The minimum Gasteiger partial charge on any atom is -0.337 e. The van der Waals surface area contributed by atoms with Crippen molar-refractivity contribution in [2.45, 2.75) is 0 Å². The summed E-state index contributed by atoms with van der Waals surface area (Å²) in [6.07, 6.45) is 2.54. The average molecular weight is 223 g/mol. The molecule has 0 saturated carbocycles. The first-order valence-electron chi connectivity index (χ1n) is 5.23. The molecule has 17 heavy (non-hydrogen) atoms. The van der Waals surface area contributed by atoms with Gasteiger partial charge in [-0.1, -0.05) is 6.07 Å². The van der Waals surface area contributed by atoms with Gasteiger partial charge >= 0.3 is 0 Å². The van der Waals surface area contributed by atoms with Gasteiger partial charge in [0, 0.05) is 11.8 Å². The lowest BCUT2D eigenvalue weighted by Crippen LogP contribution is -1.82. The van der Waals surface area contributed by atoms with E-state index in [-0.39, 0.29) is 0 Å². The zero-order valence-corrected chi connectivity index (χ0v) is 8.92.